The van der Waals surface area contributed by atoms with Crippen LogP contribution in [0, 0.1) is 0 Å². The molecule has 0 spiro atoms. The van der Waals surface area contributed by atoms with Gasteiger partial charge in [-0.25, -0.2) is 4.98 Å². The van der Waals surface area contributed by atoms with E-state index >= 15 is 0 Å². The molecule has 0 aliphatic rings. The van der Waals surface area contributed by atoms with Crippen LogP contribution in [0.1, 0.15) is 32.1 Å². The molecule has 0 aliphatic carbocycles. The van der Waals surface area contributed by atoms with Gasteiger partial charge in [-0.3, -0.25) is 4.79 Å². The number of fused-ring (bicyclic) bond motifs is 1. The van der Waals surface area contributed by atoms with E-state index in [2.05, 4.69) is 29.8 Å². The summed E-state index contributed by atoms with van der Waals surface area (Å²) in [6.45, 7) is 4.85. The normalized spacial score (nSPS) is 12.7. The molecule has 3 N–H and O–H groups in total. The maximum absolute atomic E-state index is 12.0. The summed E-state index contributed by atoms with van der Waals surface area (Å²) in [4.78, 5) is 16.7. The van der Waals surface area contributed by atoms with Crippen molar-refractivity contribution in [2.75, 3.05) is 18.6 Å². The summed E-state index contributed by atoms with van der Waals surface area (Å²) in [6, 6.07) is 8.04. The lowest BCUT2D eigenvalue weighted by Gasteiger charge is -2.14. The molecule has 0 radical (unpaired) electrons. The smallest absolute Gasteiger partial charge is 0.236 e. The molecule has 0 bridgehead atoms. The van der Waals surface area contributed by atoms with Crippen LogP contribution < -0.4 is 11.1 Å². The van der Waals surface area contributed by atoms with Gasteiger partial charge in [-0.2, -0.15) is 11.8 Å². The van der Waals surface area contributed by atoms with Crippen molar-refractivity contribution in [3.05, 3.63) is 30.1 Å². The fourth-order valence-corrected chi connectivity index (χ4v) is 3.14. The fourth-order valence-electron chi connectivity index (χ4n) is 2.65. The van der Waals surface area contributed by atoms with Crippen molar-refractivity contribution >= 4 is 28.7 Å². The number of nitrogens with one attached hydrogen (secondary N) is 1. The van der Waals surface area contributed by atoms with Crippen LogP contribution in [0.15, 0.2) is 24.3 Å². The first-order valence-corrected chi connectivity index (χ1v) is 9.42. The standard InChI is InChI=1S/C17H26N4OS/c1-12(2)21-15-7-5-4-6-14(15)20-16(21)8-10-19-17(22)13(18)9-11-23-3/h4-7,12-13H,8-11,18H2,1-3H3,(H,19,22)/t13-/m0/s1. The highest BCUT2D eigenvalue weighted by atomic mass is 32.2. The molecule has 0 aliphatic heterocycles. The minimum Gasteiger partial charge on any atom is -0.354 e. The third-order valence-electron chi connectivity index (χ3n) is 3.80. The number of benzene rings is 1. The van der Waals surface area contributed by atoms with Gasteiger partial charge in [0, 0.05) is 19.0 Å². The highest BCUT2D eigenvalue weighted by molar-refractivity contribution is 7.98. The minimum atomic E-state index is -0.425. The van der Waals surface area contributed by atoms with Gasteiger partial charge in [0.05, 0.1) is 17.1 Å². The van der Waals surface area contributed by atoms with Crippen LogP contribution in [-0.4, -0.2) is 40.1 Å². The van der Waals surface area contributed by atoms with E-state index in [9.17, 15) is 4.79 Å². The second-order valence-corrected chi connectivity index (χ2v) is 6.90. The molecule has 1 atom stereocenters. The fraction of sp³-hybridized carbons (Fsp3) is 0.529. The number of rotatable bonds is 8. The molecular weight excluding hydrogens is 308 g/mol. The SMILES string of the molecule is CSCC[C@H](N)C(=O)NCCc1nc2ccccc2n1C(C)C. The van der Waals surface area contributed by atoms with Crippen LogP contribution in [0.25, 0.3) is 11.0 Å². The Morgan fingerprint density at radius 1 is 1.39 bits per heavy atom. The van der Waals surface area contributed by atoms with Gasteiger partial charge in [0.15, 0.2) is 0 Å². The number of imidazole rings is 1. The molecule has 126 valence electrons. The predicted octanol–water partition coefficient (Wildman–Crippen LogP) is 2.36. The number of aromatic nitrogens is 2. The minimum absolute atomic E-state index is 0.0775. The van der Waals surface area contributed by atoms with Gasteiger partial charge in [-0.05, 0) is 44.4 Å². The molecule has 1 heterocycles. The Morgan fingerprint density at radius 2 is 2.13 bits per heavy atom. The second kappa shape index (κ2) is 8.36. The van der Waals surface area contributed by atoms with Gasteiger partial charge in [0.2, 0.25) is 5.91 Å². The van der Waals surface area contributed by atoms with Gasteiger partial charge in [-0.1, -0.05) is 12.1 Å². The number of hydrogen-bond donors (Lipinski definition) is 2. The van der Waals surface area contributed by atoms with Crippen molar-refractivity contribution in [1.29, 1.82) is 0 Å². The topological polar surface area (TPSA) is 72.9 Å². The van der Waals surface area contributed by atoms with Crippen molar-refractivity contribution in [2.24, 2.45) is 5.73 Å². The molecule has 0 saturated carbocycles. The van der Waals surface area contributed by atoms with Gasteiger partial charge in [-0.15, -0.1) is 0 Å². The van der Waals surface area contributed by atoms with E-state index in [1.54, 1.807) is 11.8 Å². The second-order valence-electron chi connectivity index (χ2n) is 5.91. The zero-order chi connectivity index (χ0) is 16.8. The highest BCUT2D eigenvalue weighted by Gasteiger charge is 2.15. The number of para-hydroxylation sites is 2. The maximum Gasteiger partial charge on any atom is 0.236 e. The van der Waals surface area contributed by atoms with Crippen LogP contribution >= 0.6 is 11.8 Å². The maximum atomic E-state index is 12.0. The Morgan fingerprint density at radius 3 is 2.83 bits per heavy atom. The lowest BCUT2D eigenvalue weighted by molar-refractivity contribution is -0.122. The number of nitrogens with two attached hydrogens (primary N) is 1. The molecule has 6 heteroatoms. The van der Waals surface area contributed by atoms with E-state index in [4.69, 9.17) is 10.7 Å². The Hall–Kier alpha value is -1.53. The van der Waals surface area contributed by atoms with Gasteiger partial charge in [0.1, 0.15) is 5.82 Å². The number of thioether (sulfide) groups is 1. The zero-order valence-corrected chi connectivity index (χ0v) is 14.9. The van der Waals surface area contributed by atoms with Crippen molar-refractivity contribution in [1.82, 2.24) is 14.9 Å². The van der Waals surface area contributed by atoms with Crippen LogP contribution in [0.3, 0.4) is 0 Å². The van der Waals surface area contributed by atoms with Crippen molar-refractivity contribution < 1.29 is 4.79 Å². The Balaban J connectivity index is 1.99. The van der Waals surface area contributed by atoms with Gasteiger partial charge in [0.25, 0.3) is 0 Å². The summed E-state index contributed by atoms with van der Waals surface area (Å²) in [7, 11) is 0. The van der Waals surface area contributed by atoms with E-state index in [-0.39, 0.29) is 5.91 Å². The number of hydrogen-bond acceptors (Lipinski definition) is 4. The molecule has 2 rings (SSSR count). The quantitative estimate of drug-likeness (QED) is 0.777. The van der Waals surface area contributed by atoms with Crippen LogP contribution in [-0.2, 0) is 11.2 Å². The van der Waals surface area contributed by atoms with Crippen LogP contribution in [0.2, 0.25) is 0 Å². The summed E-state index contributed by atoms with van der Waals surface area (Å²) >= 11 is 1.70. The number of carbonyl (C=O) groups is 1. The molecular formula is C17H26N4OS. The molecule has 1 amide bonds. The van der Waals surface area contributed by atoms with Crippen molar-refractivity contribution in [3.8, 4) is 0 Å². The van der Waals surface area contributed by atoms with E-state index in [0.29, 0.717) is 25.4 Å². The first-order valence-electron chi connectivity index (χ1n) is 8.02. The van der Waals surface area contributed by atoms with Crippen molar-refractivity contribution in [3.63, 3.8) is 0 Å². The Bertz CT molecular complexity index is 653. The molecule has 5 nitrogen and oxygen atoms in total. The zero-order valence-electron chi connectivity index (χ0n) is 14.1. The van der Waals surface area contributed by atoms with E-state index < -0.39 is 6.04 Å². The third-order valence-corrected chi connectivity index (χ3v) is 4.45. The van der Waals surface area contributed by atoms with E-state index in [0.717, 1.165) is 22.6 Å². The Labute approximate surface area is 142 Å². The largest absolute Gasteiger partial charge is 0.354 e. The first kappa shape index (κ1) is 17.8. The summed E-state index contributed by atoms with van der Waals surface area (Å²) in [5.74, 6) is 1.82. The number of amides is 1. The average molecular weight is 334 g/mol. The van der Waals surface area contributed by atoms with E-state index in [1.807, 2.05) is 24.5 Å². The summed E-state index contributed by atoms with van der Waals surface area (Å²) in [5.41, 5.74) is 8.01. The number of carbonyl (C=O) groups excluding carboxylic acids is 1. The lowest BCUT2D eigenvalue weighted by atomic mass is 10.2. The van der Waals surface area contributed by atoms with Crippen LogP contribution in [0.5, 0.6) is 0 Å². The summed E-state index contributed by atoms with van der Waals surface area (Å²) in [5, 5.41) is 2.92. The molecule has 23 heavy (non-hydrogen) atoms. The monoisotopic (exact) mass is 334 g/mol. The average Bonchev–Trinajstić information content (AvgIpc) is 2.90. The van der Waals surface area contributed by atoms with E-state index in [1.165, 1.54) is 0 Å². The molecule has 1 aromatic carbocycles. The number of nitrogens with zero attached hydrogens (tertiary/aromatic N) is 2. The Kier molecular flexibility index (Phi) is 6.47. The first-order chi connectivity index (χ1) is 11.0. The molecule has 0 unspecified atom stereocenters. The lowest BCUT2D eigenvalue weighted by Crippen LogP contribution is -2.41. The predicted molar refractivity (Wildman–Crippen MR) is 97.8 cm³/mol. The van der Waals surface area contributed by atoms with Crippen LogP contribution in [0.4, 0.5) is 0 Å². The molecule has 1 aromatic heterocycles. The summed E-state index contributed by atoms with van der Waals surface area (Å²) < 4.78 is 2.23. The summed E-state index contributed by atoms with van der Waals surface area (Å²) in [6.07, 6.45) is 3.42. The molecule has 0 fully saturated rings. The molecule has 0 saturated heterocycles. The van der Waals surface area contributed by atoms with Gasteiger partial charge >= 0.3 is 0 Å². The third kappa shape index (κ3) is 4.48. The van der Waals surface area contributed by atoms with Gasteiger partial charge < -0.3 is 15.6 Å². The highest BCUT2D eigenvalue weighted by Crippen LogP contribution is 2.20. The van der Waals surface area contributed by atoms with Crippen molar-refractivity contribution in [2.45, 2.75) is 38.8 Å². The molecule has 2 aromatic rings.